The number of anilines is 1. The van der Waals surface area contributed by atoms with Crippen LogP contribution in [0.2, 0.25) is 5.02 Å². The Balaban J connectivity index is 1.48. The molecule has 0 radical (unpaired) electrons. The molecule has 5 rings (SSSR count). The molecule has 0 unspecified atom stereocenters. The summed E-state index contributed by atoms with van der Waals surface area (Å²) in [6.07, 6.45) is 0. The van der Waals surface area contributed by atoms with Crippen LogP contribution in [0.15, 0.2) is 93.2 Å². The molecule has 9 heteroatoms. The number of benzene rings is 3. The van der Waals surface area contributed by atoms with E-state index in [4.69, 9.17) is 16.0 Å². The topological polar surface area (TPSA) is 66.7 Å². The van der Waals surface area contributed by atoms with Gasteiger partial charge in [0.2, 0.25) is 26.6 Å². The molecule has 4 aromatic rings. The van der Waals surface area contributed by atoms with Gasteiger partial charge in [-0.2, -0.15) is 4.98 Å². The Hall–Kier alpha value is -3.20. The van der Waals surface area contributed by atoms with E-state index in [9.17, 15) is 12.8 Å². The Kier molecular flexibility index (Phi) is 6.60. The fraction of sp³-hybridized carbons (Fsp3) is 0.192. The molecule has 3 aromatic carbocycles. The molecule has 0 saturated carbocycles. The number of oxazole rings is 1. The summed E-state index contributed by atoms with van der Waals surface area (Å²) in [7, 11) is -4.04. The minimum absolute atomic E-state index is 0.0410. The van der Waals surface area contributed by atoms with Gasteiger partial charge in [0.15, 0.2) is 0 Å². The lowest BCUT2D eigenvalue weighted by atomic mass is 10.2. The second-order valence-corrected chi connectivity index (χ2v) is 10.6. The SMILES string of the molecule is O=S(=O)(c1ccc(Cl)cc1)c1nc(-c2ccccc2F)oc1N1CCN(Cc2ccccc2)CC1. The maximum atomic E-state index is 14.5. The third-order valence-electron chi connectivity index (χ3n) is 5.97. The van der Waals surface area contributed by atoms with Gasteiger partial charge in [0.1, 0.15) is 5.82 Å². The van der Waals surface area contributed by atoms with E-state index in [0.717, 1.165) is 6.54 Å². The first-order valence-electron chi connectivity index (χ1n) is 11.2. The summed E-state index contributed by atoms with van der Waals surface area (Å²) in [6, 6.07) is 22.1. The molecule has 0 bridgehead atoms. The van der Waals surface area contributed by atoms with Crippen LogP contribution >= 0.6 is 11.6 Å². The summed E-state index contributed by atoms with van der Waals surface area (Å²) in [5.74, 6) is -0.488. The van der Waals surface area contributed by atoms with Gasteiger partial charge in [0.05, 0.1) is 10.5 Å². The van der Waals surface area contributed by atoms with E-state index in [2.05, 4.69) is 22.0 Å². The normalized spacial score (nSPS) is 14.9. The highest BCUT2D eigenvalue weighted by Crippen LogP contribution is 2.36. The minimum atomic E-state index is -4.04. The van der Waals surface area contributed by atoms with Crippen molar-refractivity contribution in [3.05, 3.63) is 95.3 Å². The first kappa shape index (κ1) is 23.5. The first-order chi connectivity index (χ1) is 16.9. The predicted octanol–water partition coefficient (Wildman–Crippen LogP) is 5.29. The molecule has 0 atom stereocenters. The summed E-state index contributed by atoms with van der Waals surface area (Å²) >= 11 is 5.95. The fourth-order valence-corrected chi connectivity index (χ4v) is 5.55. The first-order valence-corrected chi connectivity index (χ1v) is 13.1. The zero-order valence-electron chi connectivity index (χ0n) is 18.8. The lowest BCUT2D eigenvalue weighted by molar-refractivity contribution is 0.245. The number of piperazine rings is 1. The maximum Gasteiger partial charge on any atom is 0.236 e. The van der Waals surface area contributed by atoms with E-state index in [0.29, 0.717) is 31.2 Å². The van der Waals surface area contributed by atoms with Gasteiger partial charge in [-0.25, -0.2) is 12.8 Å². The number of nitrogens with zero attached hydrogens (tertiary/aromatic N) is 3. The second kappa shape index (κ2) is 9.81. The molecule has 1 aromatic heterocycles. The van der Waals surface area contributed by atoms with E-state index in [-0.39, 0.29) is 27.3 Å². The van der Waals surface area contributed by atoms with Crippen molar-refractivity contribution in [1.29, 1.82) is 0 Å². The van der Waals surface area contributed by atoms with Crippen molar-refractivity contribution in [3.8, 4) is 11.5 Å². The molecule has 0 spiro atoms. The number of hydrogen-bond acceptors (Lipinski definition) is 6. The van der Waals surface area contributed by atoms with Crippen molar-refractivity contribution in [1.82, 2.24) is 9.88 Å². The molecule has 1 aliphatic rings. The summed E-state index contributed by atoms with van der Waals surface area (Å²) in [6.45, 7) is 3.32. The van der Waals surface area contributed by atoms with Gasteiger partial charge in [-0.1, -0.05) is 54.1 Å². The molecular weight excluding hydrogens is 489 g/mol. The zero-order chi connectivity index (χ0) is 24.4. The van der Waals surface area contributed by atoms with Crippen LogP contribution in [0.3, 0.4) is 0 Å². The van der Waals surface area contributed by atoms with Crippen LogP contribution in [0.1, 0.15) is 5.56 Å². The molecule has 1 saturated heterocycles. The van der Waals surface area contributed by atoms with E-state index in [1.807, 2.05) is 23.1 Å². The second-order valence-electron chi connectivity index (χ2n) is 8.32. The molecule has 0 N–H and O–H groups in total. The largest absolute Gasteiger partial charge is 0.419 e. The van der Waals surface area contributed by atoms with Gasteiger partial charge in [0, 0.05) is 37.7 Å². The van der Waals surface area contributed by atoms with E-state index < -0.39 is 15.7 Å². The van der Waals surface area contributed by atoms with Crippen LogP contribution in [-0.2, 0) is 16.4 Å². The maximum absolute atomic E-state index is 14.5. The standard InChI is InChI=1S/C26H23ClFN3O3S/c27-20-10-12-21(13-11-20)35(32,33)25-26(34-24(29-25)22-8-4-5-9-23(22)28)31-16-14-30(15-17-31)18-19-6-2-1-3-7-19/h1-13H,14-18H2. The lowest BCUT2D eigenvalue weighted by Gasteiger charge is -2.34. The highest BCUT2D eigenvalue weighted by atomic mass is 35.5. The number of hydrogen-bond donors (Lipinski definition) is 0. The van der Waals surface area contributed by atoms with Crippen LogP contribution < -0.4 is 4.90 Å². The van der Waals surface area contributed by atoms with Crippen LogP contribution in [0.5, 0.6) is 0 Å². The number of halogens is 2. The Morgan fingerprint density at radius 1 is 0.886 bits per heavy atom. The van der Waals surface area contributed by atoms with Crippen molar-refractivity contribution in [2.24, 2.45) is 0 Å². The van der Waals surface area contributed by atoms with Crippen LogP contribution in [0, 0.1) is 5.82 Å². The summed E-state index contributed by atoms with van der Waals surface area (Å²) < 4.78 is 47.5. The minimum Gasteiger partial charge on any atom is -0.419 e. The van der Waals surface area contributed by atoms with E-state index >= 15 is 0 Å². The average molecular weight is 512 g/mol. The summed E-state index contributed by atoms with van der Waals surface area (Å²) in [5.41, 5.74) is 1.32. The lowest BCUT2D eigenvalue weighted by Crippen LogP contribution is -2.46. The Morgan fingerprint density at radius 3 is 2.23 bits per heavy atom. The molecule has 0 aliphatic carbocycles. The quantitative estimate of drug-likeness (QED) is 0.350. The molecule has 35 heavy (non-hydrogen) atoms. The third-order valence-corrected chi connectivity index (χ3v) is 7.89. The van der Waals surface area contributed by atoms with Gasteiger partial charge >= 0.3 is 0 Å². The van der Waals surface area contributed by atoms with Gasteiger partial charge in [-0.05, 0) is 42.0 Å². The molecule has 1 aliphatic heterocycles. The van der Waals surface area contributed by atoms with Gasteiger partial charge < -0.3 is 9.32 Å². The van der Waals surface area contributed by atoms with E-state index in [1.165, 1.54) is 42.0 Å². The predicted molar refractivity (Wildman–Crippen MR) is 133 cm³/mol. The molecular formula is C26H23ClFN3O3S. The number of sulfone groups is 1. The summed E-state index contributed by atoms with van der Waals surface area (Å²) in [4.78, 5) is 8.49. The molecule has 2 heterocycles. The zero-order valence-corrected chi connectivity index (χ0v) is 20.3. The summed E-state index contributed by atoms with van der Waals surface area (Å²) in [5, 5.41) is 0.195. The van der Waals surface area contributed by atoms with Gasteiger partial charge in [-0.15, -0.1) is 0 Å². The Labute approximate surface area is 208 Å². The molecule has 180 valence electrons. The molecule has 0 amide bonds. The van der Waals surface area contributed by atoms with Crippen molar-refractivity contribution in [3.63, 3.8) is 0 Å². The highest BCUT2D eigenvalue weighted by molar-refractivity contribution is 7.91. The van der Waals surface area contributed by atoms with Crippen molar-refractivity contribution < 1.29 is 17.2 Å². The van der Waals surface area contributed by atoms with Crippen molar-refractivity contribution in [2.45, 2.75) is 16.5 Å². The highest BCUT2D eigenvalue weighted by Gasteiger charge is 2.33. The van der Waals surface area contributed by atoms with Crippen LogP contribution in [0.25, 0.3) is 11.5 Å². The fourth-order valence-electron chi connectivity index (χ4n) is 4.10. The van der Waals surface area contributed by atoms with E-state index in [1.54, 1.807) is 12.1 Å². The van der Waals surface area contributed by atoms with Gasteiger partial charge in [-0.3, -0.25) is 4.90 Å². The average Bonchev–Trinajstić information content (AvgIpc) is 3.32. The van der Waals surface area contributed by atoms with Crippen LogP contribution in [0.4, 0.5) is 10.3 Å². The monoisotopic (exact) mass is 511 g/mol. The number of aromatic nitrogens is 1. The van der Waals surface area contributed by atoms with Crippen molar-refractivity contribution in [2.75, 3.05) is 31.1 Å². The third kappa shape index (κ3) is 4.96. The van der Waals surface area contributed by atoms with Crippen LogP contribution in [-0.4, -0.2) is 44.5 Å². The van der Waals surface area contributed by atoms with Gasteiger partial charge in [0.25, 0.3) is 0 Å². The Morgan fingerprint density at radius 2 is 1.54 bits per heavy atom. The molecule has 1 fully saturated rings. The van der Waals surface area contributed by atoms with Crippen molar-refractivity contribution >= 4 is 27.3 Å². The molecule has 6 nitrogen and oxygen atoms in total. The Bertz CT molecular complexity index is 1420. The number of rotatable bonds is 6. The smallest absolute Gasteiger partial charge is 0.236 e.